The third-order valence-corrected chi connectivity index (χ3v) is 3.80. The molecule has 0 radical (unpaired) electrons. The van der Waals surface area contributed by atoms with Crippen LogP contribution < -0.4 is 4.74 Å². The van der Waals surface area contributed by atoms with E-state index in [1.807, 2.05) is 32.0 Å². The van der Waals surface area contributed by atoms with Crippen molar-refractivity contribution in [2.75, 3.05) is 19.7 Å². The number of ether oxygens (including phenoxy) is 1. The first-order chi connectivity index (χ1) is 10.0. The Balaban J connectivity index is 2.13. The van der Waals surface area contributed by atoms with Gasteiger partial charge in [-0.3, -0.25) is 9.59 Å². The molecule has 0 aliphatic carbocycles. The van der Waals surface area contributed by atoms with E-state index in [9.17, 15) is 9.59 Å². The summed E-state index contributed by atoms with van der Waals surface area (Å²) in [6, 6.07) is 5.56. The molecule has 5 nitrogen and oxygen atoms in total. The number of piperidine rings is 1. The van der Waals surface area contributed by atoms with Gasteiger partial charge in [0, 0.05) is 13.1 Å². The van der Waals surface area contributed by atoms with Gasteiger partial charge >= 0.3 is 5.97 Å². The number of carboxylic acids is 1. The van der Waals surface area contributed by atoms with E-state index in [1.54, 1.807) is 4.90 Å². The van der Waals surface area contributed by atoms with Crippen molar-refractivity contribution in [1.82, 2.24) is 4.90 Å². The van der Waals surface area contributed by atoms with Gasteiger partial charge in [-0.15, -0.1) is 0 Å². The molecule has 1 heterocycles. The normalized spacial score (nSPS) is 15.8. The molecule has 5 heteroatoms. The Kier molecular flexibility index (Phi) is 4.83. The molecule has 1 aliphatic heterocycles. The highest BCUT2D eigenvalue weighted by atomic mass is 16.5. The summed E-state index contributed by atoms with van der Waals surface area (Å²) in [6.45, 7) is 5.28. The van der Waals surface area contributed by atoms with Crippen molar-refractivity contribution in [3.8, 4) is 5.75 Å². The van der Waals surface area contributed by atoms with Gasteiger partial charge < -0.3 is 14.7 Å². The number of amides is 1. The summed E-state index contributed by atoms with van der Waals surface area (Å²) in [4.78, 5) is 25.3. The summed E-state index contributed by atoms with van der Waals surface area (Å²) >= 11 is 0. The number of likely N-dealkylation sites (tertiary alicyclic amines) is 1. The molecule has 0 saturated carbocycles. The first-order valence-electron chi connectivity index (χ1n) is 7.28. The fourth-order valence-corrected chi connectivity index (χ4v) is 2.59. The quantitative estimate of drug-likeness (QED) is 0.924. The number of nitrogens with zero attached hydrogens (tertiary/aromatic N) is 1. The number of hydrogen-bond acceptors (Lipinski definition) is 3. The molecule has 1 fully saturated rings. The largest absolute Gasteiger partial charge is 0.493 e. The highest BCUT2D eigenvalue weighted by Gasteiger charge is 2.28. The van der Waals surface area contributed by atoms with Crippen LogP contribution in [0, 0.1) is 12.8 Å². The van der Waals surface area contributed by atoms with E-state index in [0.29, 0.717) is 43.9 Å². The van der Waals surface area contributed by atoms with E-state index in [2.05, 4.69) is 0 Å². The van der Waals surface area contributed by atoms with Crippen LogP contribution in [0.1, 0.15) is 35.7 Å². The van der Waals surface area contributed by atoms with Crippen LogP contribution >= 0.6 is 0 Å². The van der Waals surface area contributed by atoms with Crippen LogP contribution in [0.25, 0.3) is 0 Å². The van der Waals surface area contributed by atoms with Crippen molar-refractivity contribution >= 4 is 11.9 Å². The Hall–Kier alpha value is -2.04. The maximum absolute atomic E-state index is 12.6. The second-order valence-corrected chi connectivity index (χ2v) is 5.34. The summed E-state index contributed by atoms with van der Waals surface area (Å²) in [7, 11) is 0. The summed E-state index contributed by atoms with van der Waals surface area (Å²) < 4.78 is 5.52. The van der Waals surface area contributed by atoms with E-state index in [4.69, 9.17) is 9.84 Å². The maximum atomic E-state index is 12.6. The minimum Gasteiger partial charge on any atom is -0.493 e. The van der Waals surface area contributed by atoms with Crippen LogP contribution in [-0.2, 0) is 4.79 Å². The zero-order valence-corrected chi connectivity index (χ0v) is 12.5. The molecule has 21 heavy (non-hydrogen) atoms. The first kappa shape index (κ1) is 15.4. The average Bonchev–Trinajstić information content (AvgIpc) is 2.48. The Labute approximate surface area is 124 Å². The van der Waals surface area contributed by atoms with Crippen LogP contribution in [0.2, 0.25) is 0 Å². The number of hydrogen-bond donors (Lipinski definition) is 1. The number of carbonyl (C=O) groups is 2. The van der Waals surface area contributed by atoms with Gasteiger partial charge in [0.25, 0.3) is 5.91 Å². The lowest BCUT2D eigenvalue weighted by molar-refractivity contribution is -0.143. The molecule has 1 amide bonds. The number of rotatable bonds is 4. The Morgan fingerprint density at radius 1 is 1.33 bits per heavy atom. The zero-order chi connectivity index (χ0) is 15.4. The van der Waals surface area contributed by atoms with E-state index in [1.165, 1.54) is 0 Å². The molecule has 0 aromatic heterocycles. The molecule has 114 valence electrons. The maximum Gasteiger partial charge on any atom is 0.306 e. The fourth-order valence-electron chi connectivity index (χ4n) is 2.59. The zero-order valence-electron chi connectivity index (χ0n) is 12.5. The lowest BCUT2D eigenvalue weighted by Gasteiger charge is -2.30. The Bertz CT molecular complexity index is 533. The number of aryl methyl sites for hydroxylation is 1. The van der Waals surface area contributed by atoms with E-state index < -0.39 is 5.97 Å². The SMILES string of the molecule is CCOc1ccc(C)cc1C(=O)N1CCC(C(=O)O)CC1. The lowest BCUT2D eigenvalue weighted by atomic mass is 9.96. The van der Waals surface area contributed by atoms with E-state index >= 15 is 0 Å². The molecular formula is C16H21NO4. The van der Waals surface area contributed by atoms with Gasteiger partial charge in [0.15, 0.2) is 0 Å². The Morgan fingerprint density at radius 2 is 2.00 bits per heavy atom. The van der Waals surface area contributed by atoms with Gasteiger partial charge in [-0.05, 0) is 38.8 Å². The van der Waals surface area contributed by atoms with Gasteiger partial charge in [0.05, 0.1) is 18.1 Å². The fraction of sp³-hybridized carbons (Fsp3) is 0.500. The predicted molar refractivity (Wildman–Crippen MR) is 78.6 cm³/mol. The average molecular weight is 291 g/mol. The molecule has 0 atom stereocenters. The number of benzene rings is 1. The monoisotopic (exact) mass is 291 g/mol. The standard InChI is InChI=1S/C16H21NO4/c1-3-21-14-5-4-11(2)10-13(14)15(18)17-8-6-12(7-9-17)16(19)20/h4-5,10,12H,3,6-9H2,1-2H3,(H,19,20). The second kappa shape index (κ2) is 6.61. The van der Waals surface area contributed by atoms with Gasteiger partial charge in [-0.1, -0.05) is 11.6 Å². The summed E-state index contributed by atoms with van der Waals surface area (Å²) in [5, 5.41) is 9.01. The highest BCUT2D eigenvalue weighted by molar-refractivity contribution is 5.97. The molecule has 0 bridgehead atoms. The molecule has 1 aromatic carbocycles. The van der Waals surface area contributed by atoms with Crippen LogP contribution in [0.5, 0.6) is 5.75 Å². The van der Waals surface area contributed by atoms with Crippen LogP contribution in [0.15, 0.2) is 18.2 Å². The van der Waals surface area contributed by atoms with Gasteiger partial charge in [0.1, 0.15) is 5.75 Å². The van der Waals surface area contributed by atoms with Gasteiger partial charge in [0.2, 0.25) is 0 Å². The van der Waals surface area contributed by atoms with Crippen molar-refractivity contribution in [3.05, 3.63) is 29.3 Å². The first-order valence-corrected chi connectivity index (χ1v) is 7.28. The molecule has 2 rings (SSSR count). The summed E-state index contributed by atoms with van der Waals surface area (Å²) in [6.07, 6.45) is 1.02. The number of aliphatic carboxylic acids is 1. The minimum absolute atomic E-state index is 0.0778. The molecule has 1 aliphatic rings. The van der Waals surface area contributed by atoms with E-state index in [-0.39, 0.29) is 11.8 Å². The summed E-state index contributed by atoms with van der Waals surface area (Å²) in [5.41, 5.74) is 1.56. The summed E-state index contributed by atoms with van der Waals surface area (Å²) in [5.74, 6) is -0.593. The Morgan fingerprint density at radius 3 is 2.57 bits per heavy atom. The molecule has 1 aromatic rings. The topological polar surface area (TPSA) is 66.8 Å². The van der Waals surface area contributed by atoms with Crippen molar-refractivity contribution < 1.29 is 19.4 Å². The third kappa shape index (κ3) is 3.54. The molecule has 0 spiro atoms. The smallest absolute Gasteiger partial charge is 0.306 e. The minimum atomic E-state index is -0.771. The lowest BCUT2D eigenvalue weighted by Crippen LogP contribution is -2.40. The predicted octanol–water partition coefficient (Wildman–Crippen LogP) is 2.33. The van der Waals surface area contributed by atoms with Crippen molar-refractivity contribution in [2.45, 2.75) is 26.7 Å². The number of carboxylic acid groups (broad SMARTS) is 1. The molecule has 1 N–H and O–H groups in total. The molecule has 0 unspecified atom stereocenters. The van der Waals surface area contributed by atoms with Gasteiger partial charge in [-0.25, -0.2) is 0 Å². The van der Waals surface area contributed by atoms with E-state index in [0.717, 1.165) is 5.56 Å². The third-order valence-electron chi connectivity index (χ3n) is 3.80. The van der Waals surface area contributed by atoms with Crippen LogP contribution in [0.3, 0.4) is 0 Å². The van der Waals surface area contributed by atoms with Crippen LogP contribution in [0.4, 0.5) is 0 Å². The number of carbonyl (C=O) groups excluding carboxylic acids is 1. The molecular weight excluding hydrogens is 270 g/mol. The van der Waals surface area contributed by atoms with Crippen LogP contribution in [-0.4, -0.2) is 41.6 Å². The highest BCUT2D eigenvalue weighted by Crippen LogP contribution is 2.25. The van der Waals surface area contributed by atoms with Crippen molar-refractivity contribution in [1.29, 1.82) is 0 Å². The second-order valence-electron chi connectivity index (χ2n) is 5.34. The van der Waals surface area contributed by atoms with Gasteiger partial charge in [-0.2, -0.15) is 0 Å². The van der Waals surface area contributed by atoms with Crippen molar-refractivity contribution in [2.24, 2.45) is 5.92 Å². The van der Waals surface area contributed by atoms with Crippen molar-refractivity contribution in [3.63, 3.8) is 0 Å². The molecule has 1 saturated heterocycles.